The Kier molecular flexibility index (Phi) is 3.44. The first kappa shape index (κ1) is 15.7. The minimum Gasteiger partial charge on any atom is -0.497 e. The number of anilines is 2. The van der Waals surface area contributed by atoms with Crippen LogP contribution in [0, 0.1) is 0 Å². The van der Waals surface area contributed by atoms with Gasteiger partial charge in [0.05, 0.1) is 11.9 Å². The topological polar surface area (TPSA) is 57.8 Å². The molecule has 3 N–H and O–H groups in total. The van der Waals surface area contributed by atoms with Crippen molar-refractivity contribution in [2.24, 2.45) is 0 Å². The van der Waals surface area contributed by atoms with Crippen molar-refractivity contribution < 1.29 is 9.47 Å². The molecule has 0 saturated heterocycles. The third kappa shape index (κ3) is 2.34. The molecule has 4 aliphatic heterocycles. The quantitative estimate of drug-likeness (QED) is 0.766. The summed E-state index contributed by atoms with van der Waals surface area (Å²) in [5.41, 5.74) is 4.77. The van der Waals surface area contributed by atoms with Gasteiger partial charge in [-0.3, -0.25) is 0 Å². The molecule has 142 valence electrons. The maximum atomic E-state index is 6.26. The Labute approximate surface area is 163 Å². The molecule has 4 heterocycles. The van der Waals surface area contributed by atoms with Crippen LogP contribution in [0.2, 0.25) is 0 Å². The van der Waals surface area contributed by atoms with Gasteiger partial charge in [-0.2, -0.15) is 0 Å². The third-order valence-electron chi connectivity index (χ3n) is 5.96. The molecule has 6 nitrogen and oxygen atoms in total. The van der Waals surface area contributed by atoms with E-state index in [0.717, 1.165) is 24.4 Å². The van der Waals surface area contributed by atoms with E-state index in [1.807, 2.05) is 36.9 Å². The highest BCUT2D eigenvalue weighted by molar-refractivity contribution is 5.67. The summed E-state index contributed by atoms with van der Waals surface area (Å²) in [5.74, 6) is 1.18. The summed E-state index contributed by atoms with van der Waals surface area (Å²) in [4.78, 5) is 2.38. The molecule has 0 aliphatic carbocycles. The summed E-state index contributed by atoms with van der Waals surface area (Å²) in [6.45, 7) is 0.894. The van der Waals surface area contributed by atoms with Crippen LogP contribution in [0.25, 0.3) is 0 Å². The van der Waals surface area contributed by atoms with Gasteiger partial charge in [-0.05, 0) is 29.8 Å². The molecule has 0 spiro atoms. The van der Waals surface area contributed by atoms with E-state index in [0.29, 0.717) is 0 Å². The van der Waals surface area contributed by atoms with Gasteiger partial charge in [-0.25, -0.2) is 0 Å². The molecule has 28 heavy (non-hydrogen) atoms. The minimum atomic E-state index is -0.188. The second kappa shape index (κ2) is 6.12. The van der Waals surface area contributed by atoms with Crippen LogP contribution < -0.4 is 25.6 Å². The van der Waals surface area contributed by atoms with Crippen molar-refractivity contribution in [3.63, 3.8) is 0 Å². The lowest BCUT2D eigenvalue weighted by Gasteiger charge is -2.28. The first-order valence-corrected chi connectivity index (χ1v) is 9.78. The highest BCUT2D eigenvalue weighted by Gasteiger charge is 2.42. The highest BCUT2D eigenvalue weighted by atomic mass is 16.5. The smallest absolute Gasteiger partial charge is 0.197 e. The number of hydrogen-bond donors (Lipinski definition) is 3. The van der Waals surface area contributed by atoms with E-state index >= 15 is 0 Å². The SMILES string of the molecule is C1=COC(C2CN(C3NC=CN3)c3cccc(C4Nc5ccccc5O4)c32)C1. The molecule has 6 heteroatoms. The average molecular weight is 374 g/mol. The number of nitrogens with zero attached hydrogens (tertiary/aromatic N) is 1. The molecular formula is C22H22N4O2. The number of hydrogen-bond acceptors (Lipinski definition) is 6. The Morgan fingerprint density at radius 1 is 1.00 bits per heavy atom. The first-order chi connectivity index (χ1) is 13.9. The number of benzene rings is 2. The van der Waals surface area contributed by atoms with Crippen LogP contribution in [-0.4, -0.2) is 18.9 Å². The normalized spacial score (nSPS) is 26.9. The Morgan fingerprint density at radius 2 is 1.89 bits per heavy atom. The van der Waals surface area contributed by atoms with Gasteiger partial charge in [-0.15, -0.1) is 0 Å². The minimum absolute atomic E-state index is 0.0583. The van der Waals surface area contributed by atoms with Crippen molar-refractivity contribution in [2.75, 3.05) is 16.8 Å². The van der Waals surface area contributed by atoms with Crippen molar-refractivity contribution >= 4 is 11.4 Å². The second-order valence-corrected chi connectivity index (χ2v) is 7.53. The molecule has 2 aromatic carbocycles. The zero-order valence-corrected chi connectivity index (χ0v) is 15.3. The van der Waals surface area contributed by atoms with E-state index in [1.54, 1.807) is 0 Å². The summed E-state index contributed by atoms with van der Waals surface area (Å²) >= 11 is 0. The summed E-state index contributed by atoms with van der Waals surface area (Å²) < 4.78 is 12.2. The Bertz CT molecular complexity index is 932. The molecule has 0 fully saturated rings. The summed E-state index contributed by atoms with van der Waals surface area (Å²) in [7, 11) is 0. The molecule has 3 atom stereocenters. The van der Waals surface area contributed by atoms with Crippen molar-refractivity contribution in [3.05, 3.63) is 78.3 Å². The lowest BCUT2D eigenvalue weighted by atomic mass is 9.89. The predicted octanol–water partition coefficient (Wildman–Crippen LogP) is 3.34. The summed E-state index contributed by atoms with van der Waals surface area (Å²) in [5, 5.41) is 10.3. The van der Waals surface area contributed by atoms with Crippen LogP contribution >= 0.6 is 0 Å². The molecule has 0 radical (unpaired) electrons. The fourth-order valence-corrected chi connectivity index (χ4v) is 4.70. The number of fused-ring (bicyclic) bond motifs is 2. The van der Waals surface area contributed by atoms with Crippen molar-refractivity contribution in [1.82, 2.24) is 10.6 Å². The van der Waals surface area contributed by atoms with Crippen molar-refractivity contribution in [3.8, 4) is 5.75 Å². The number of nitrogens with one attached hydrogen (secondary N) is 3. The van der Waals surface area contributed by atoms with E-state index in [-0.39, 0.29) is 24.5 Å². The van der Waals surface area contributed by atoms with Crippen LogP contribution in [-0.2, 0) is 4.74 Å². The van der Waals surface area contributed by atoms with Gasteiger partial charge in [0.1, 0.15) is 11.9 Å². The molecule has 0 saturated carbocycles. The van der Waals surface area contributed by atoms with Crippen molar-refractivity contribution in [1.29, 1.82) is 0 Å². The molecule has 0 aromatic heterocycles. The third-order valence-corrected chi connectivity index (χ3v) is 5.96. The molecule has 4 aliphatic rings. The van der Waals surface area contributed by atoms with Crippen LogP contribution in [0.3, 0.4) is 0 Å². The Morgan fingerprint density at radius 3 is 2.71 bits per heavy atom. The van der Waals surface area contributed by atoms with E-state index in [9.17, 15) is 0 Å². The Balaban J connectivity index is 1.40. The highest BCUT2D eigenvalue weighted by Crippen LogP contribution is 2.47. The molecule has 0 amide bonds. The van der Waals surface area contributed by atoms with Crippen LogP contribution in [0.15, 0.2) is 67.2 Å². The van der Waals surface area contributed by atoms with Crippen LogP contribution in [0.1, 0.15) is 29.7 Å². The van der Waals surface area contributed by atoms with Gasteiger partial charge in [0, 0.05) is 42.5 Å². The van der Waals surface area contributed by atoms with Crippen molar-refractivity contribution in [2.45, 2.75) is 31.0 Å². The zero-order chi connectivity index (χ0) is 18.5. The van der Waals surface area contributed by atoms with Gasteiger partial charge in [0.2, 0.25) is 0 Å². The summed E-state index contributed by atoms with van der Waals surface area (Å²) in [6.07, 6.45) is 8.82. The zero-order valence-electron chi connectivity index (χ0n) is 15.3. The van der Waals surface area contributed by atoms with E-state index in [4.69, 9.17) is 9.47 Å². The molecule has 2 aromatic rings. The fraction of sp³-hybridized carbons (Fsp3) is 0.273. The predicted molar refractivity (Wildman–Crippen MR) is 108 cm³/mol. The monoisotopic (exact) mass is 374 g/mol. The molecule has 3 unspecified atom stereocenters. The number of para-hydroxylation sites is 2. The maximum Gasteiger partial charge on any atom is 0.197 e. The maximum absolute atomic E-state index is 6.26. The van der Waals surface area contributed by atoms with E-state index < -0.39 is 0 Å². The fourth-order valence-electron chi connectivity index (χ4n) is 4.70. The van der Waals surface area contributed by atoms with Gasteiger partial charge in [0.15, 0.2) is 12.5 Å². The lowest BCUT2D eigenvalue weighted by Crippen LogP contribution is -2.48. The van der Waals surface area contributed by atoms with E-state index in [2.05, 4.69) is 51.2 Å². The lowest BCUT2D eigenvalue weighted by molar-refractivity contribution is 0.143. The molecule has 6 rings (SSSR count). The van der Waals surface area contributed by atoms with Crippen LogP contribution in [0.4, 0.5) is 11.4 Å². The van der Waals surface area contributed by atoms with Gasteiger partial charge in [0.25, 0.3) is 0 Å². The Hall–Kier alpha value is -3.28. The van der Waals surface area contributed by atoms with Gasteiger partial charge in [-0.1, -0.05) is 24.3 Å². The van der Waals surface area contributed by atoms with E-state index in [1.165, 1.54) is 16.8 Å². The van der Waals surface area contributed by atoms with Gasteiger partial charge >= 0.3 is 0 Å². The number of ether oxygens (including phenoxy) is 2. The largest absolute Gasteiger partial charge is 0.497 e. The average Bonchev–Trinajstić information content (AvgIpc) is 3.52. The number of rotatable bonds is 3. The first-order valence-electron chi connectivity index (χ1n) is 9.78. The standard InChI is InChI=1S/C22H22N4O2/c1-2-8-19-16(6-1)25-21(28-19)14-5-3-7-17-20(14)15(18-9-4-12-27-18)13-26(17)22-23-10-11-24-22/h1-8,10-12,15,18,21-25H,9,13H2. The van der Waals surface area contributed by atoms with Crippen LogP contribution in [0.5, 0.6) is 5.75 Å². The molecular weight excluding hydrogens is 352 g/mol. The summed E-state index contributed by atoms with van der Waals surface area (Å²) in [6, 6.07) is 14.6. The molecule has 0 bridgehead atoms. The van der Waals surface area contributed by atoms with Gasteiger partial charge < -0.3 is 30.3 Å². The second-order valence-electron chi connectivity index (χ2n) is 7.53.